The number of benzene rings is 1. The van der Waals surface area contributed by atoms with Crippen LogP contribution in [0.15, 0.2) is 18.2 Å². The third-order valence-corrected chi connectivity index (χ3v) is 3.67. The third-order valence-electron chi connectivity index (χ3n) is 3.67. The average Bonchev–Trinajstić information content (AvgIpc) is 2.40. The van der Waals surface area contributed by atoms with Gasteiger partial charge in [-0.15, -0.1) is 0 Å². The van der Waals surface area contributed by atoms with Crippen LogP contribution in [0.5, 0.6) is 0 Å². The molecule has 0 aliphatic rings. The van der Waals surface area contributed by atoms with Crippen molar-refractivity contribution >= 4 is 0 Å². The van der Waals surface area contributed by atoms with E-state index in [1.807, 2.05) is 0 Å². The van der Waals surface area contributed by atoms with Gasteiger partial charge in [-0.2, -0.15) is 0 Å². The molecule has 1 unspecified atom stereocenters. The van der Waals surface area contributed by atoms with E-state index in [2.05, 4.69) is 63.2 Å². The van der Waals surface area contributed by atoms with E-state index in [1.54, 1.807) is 0 Å². The van der Waals surface area contributed by atoms with Gasteiger partial charge in [0, 0.05) is 12.6 Å². The molecule has 0 saturated carbocycles. The molecule has 1 aromatic rings. The maximum Gasteiger partial charge on any atom is 0.0449 e. The van der Waals surface area contributed by atoms with Crippen LogP contribution in [0.4, 0.5) is 0 Å². The van der Waals surface area contributed by atoms with Gasteiger partial charge >= 0.3 is 0 Å². The minimum absolute atomic E-state index is 0.440. The van der Waals surface area contributed by atoms with Gasteiger partial charge in [0.05, 0.1) is 0 Å². The molecule has 0 aromatic heterocycles. The van der Waals surface area contributed by atoms with Crippen molar-refractivity contribution in [3.8, 4) is 0 Å². The number of aryl methyl sites for hydroxylation is 2. The molecule has 0 amide bonds. The summed E-state index contributed by atoms with van der Waals surface area (Å²) in [5.41, 5.74) is 4.15. The van der Waals surface area contributed by atoms with E-state index in [4.69, 9.17) is 0 Å². The molecule has 1 N–H and O–H groups in total. The molecule has 1 aromatic carbocycles. The fraction of sp³-hybridized carbons (Fsp3) is 0.667. The van der Waals surface area contributed by atoms with E-state index in [-0.39, 0.29) is 0 Å². The van der Waals surface area contributed by atoms with E-state index in [1.165, 1.54) is 42.5 Å². The first-order chi connectivity index (χ1) is 9.56. The highest BCUT2D eigenvalue weighted by atomic mass is 15.1. The lowest BCUT2D eigenvalue weighted by atomic mass is 10.0. The van der Waals surface area contributed by atoms with Crippen LogP contribution in [0.2, 0.25) is 0 Å². The van der Waals surface area contributed by atoms with Crippen LogP contribution in [0.3, 0.4) is 0 Å². The average molecular weight is 276 g/mol. The summed E-state index contributed by atoms with van der Waals surface area (Å²) >= 11 is 0. The number of hydrogen-bond donors (Lipinski definition) is 1. The molecule has 0 aliphatic carbocycles. The van der Waals surface area contributed by atoms with Crippen LogP contribution in [0, 0.1) is 13.8 Å². The first-order valence-corrected chi connectivity index (χ1v) is 8.07. The molecule has 1 atom stereocenters. The van der Waals surface area contributed by atoms with E-state index >= 15 is 0 Å². The van der Waals surface area contributed by atoms with Crippen LogP contribution in [-0.4, -0.2) is 31.6 Å². The zero-order valence-electron chi connectivity index (χ0n) is 14.0. The summed E-state index contributed by atoms with van der Waals surface area (Å²) in [6.45, 7) is 12.2. The molecular weight excluding hydrogens is 244 g/mol. The Morgan fingerprint density at radius 1 is 1.05 bits per heavy atom. The van der Waals surface area contributed by atoms with E-state index in [9.17, 15) is 0 Å². The minimum atomic E-state index is 0.440. The largest absolute Gasteiger partial charge is 0.309 e. The predicted molar refractivity (Wildman–Crippen MR) is 89.4 cm³/mol. The van der Waals surface area contributed by atoms with Gasteiger partial charge in [0.1, 0.15) is 0 Å². The number of likely N-dealkylation sites (N-methyl/N-ethyl adjacent to an activating group) is 1. The summed E-state index contributed by atoms with van der Waals surface area (Å²) in [7, 11) is 2.24. The summed E-state index contributed by atoms with van der Waals surface area (Å²) in [6, 6.07) is 7.35. The fourth-order valence-corrected chi connectivity index (χ4v) is 2.65. The van der Waals surface area contributed by atoms with Crippen molar-refractivity contribution in [1.82, 2.24) is 10.2 Å². The molecule has 0 fully saturated rings. The van der Waals surface area contributed by atoms with Gasteiger partial charge in [-0.3, -0.25) is 0 Å². The summed E-state index contributed by atoms with van der Waals surface area (Å²) < 4.78 is 0. The predicted octanol–water partition coefficient (Wildman–Crippen LogP) is 4.08. The van der Waals surface area contributed by atoms with Crippen molar-refractivity contribution in [3.63, 3.8) is 0 Å². The number of nitrogens with one attached hydrogen (secondary N) is 1. The first-order valence-electron chi connectivity index (χ1n) is 8.07. The second-order valence-corrected chi connectivity index (χ2v) is 6.04. The van der Waals surface area contributed by atoms with Gasteiger partial charge < -0.3 is 10.2 Å². The Labute approximate surface area is 125 Å². The zero-order valence-corrected chi connectivity index (χ0v) is 14.0. The van der Waals surface area contributed by atoms with Gasteiger partial charge in [-0.25, -0.2) is 0 Å². The Hall–Kier alpha value is -0.860. The SMILES string of the molecule is CCCCN(C)CC(NCCC)c1cc(C)cc(C)c1. The molecule has 0 spiro atoms. The highest BCUT2D eigenvalue weighted by molar-refractivity contribution is 5.30. The summed E-state index contributed by atoms with van der Waals surface area (Å²) in [6.07, 6.45) is 3.73. The van der Waals surface area contributed by atoms with Gasteiger partial charge in [-0.05, 0) is 52.4 Å². The lowest BCUT2D eigenvalue weighted by molar-refractivity contribution is 0.286. The highest BCUT2D eigenvalue weighted by Gasteiger charge is 2.13. The van der Waals surface area contributed by atoms with Gasteiger partial charge in [0.25, 0.3) is 0 Å². The van der Waals surface area contributed by atoms with Crippen molar-refractivity contribution in [1.29, 1.82) is 0 Å². The third kappa shape index (κ3) is 6.06. The highest BCUT2D eigenvalue weighted by Crippen LogP contribution is 2.18. The molecule has 0 aliphatic heterocycles. The van der Waals surface area contributed by atoms with Crippen molar-refractivity contribution in [3.05, 3.63) is 34.9 Å². The van der Waals surface area contributed by atoms with Crippen LogP contribution in [-0.2, 0) is 0 Å². The van der Waals surface area contributed by atoms with Crippen molar-refractivity contribution in [2.24, 2.45) is 0 Å². The Morgan fingerprint density at radius 2 is 1.70 bits per heavy atom. The van der Waals surface area contributed by atoms with Crippen LogP contribution in [0.1, 0.15) is 55.8 Å². The summed E-state index contributed by atoms with van der Waals surface area (Å²) in [5.74, 6) is 0. The van der Waals surface area contributed by atoms with Crippen molar-refractivity contribution in [2.75, 3.05) is 26.7 Å². The minimum Gasteiger partial charge on any atom is -0.309 e. The lowest BCUT2D eigenvalue weighted by Gasteiger charge is -2.26. The van der Waals surface area contributed by atoms with Gasteiger partial charge in [-0.1, -0.05) is 49.6 Å². The molecular formula is C18H32N2. The second kappa shape index (κ2) is 9.15. The Kier molecular flexibility index (Phi) is 7.86. The Morgan fingerprint density at radius 3 is 2.25 bits per heavy atom. The molecule has 0 radical (unpaired) electrons. The van der Waals surface area contributed by atoms with Gasteiger partial charge in [0.15, 0.2) is 0 Å². The van der Waals surface area contributed by atoms with Crippen LogP contribution < -0.4 is 5.32 Å². The molecule has 1 rings (SSSR count). The topological polar surface area (TPSA) is 15.3 Å². The molecule has 0 bridgehead atoms. The maximum absolute atomic E-state index is 3.71. The monoisotopic (exact) mass is 276 g/mol. The molecule has 114 valence electrons. The van der Waals surface area contributed by atoms with E-state index < -0.39 is 0 Å². The van der Waals surface area contributed by atoms with Crippen molar-refractivity contribution < 1.29 is 0 Å². The van der Waals surface area contributed by atoms with Crippen LogP contribution in [0.25, 0.3) is 0 Å². The van der Waals surface area contributed by atoms with Crippen molar-refractivity contribution in [2.45, 2.75) is 53.0 Å². The molecule has 2 nitrogen and oxygen atoms in total. The van der Waals surface area contributed by atoms with Crippen LogP contribution >= 0.6 is 0 Å². The number of hydrogen-bond acceptors (Lipinski definition) is 2. The zero-order chi connectivity index (χ0) is 15.0. The standard InChI is InChI=1S/C18H32N2/c1-6-8-10-20(5)14-18(19-9-7-2)17-12-15(3)11-16(4)13-17/h11-13,18-19H,6-10,14H2,1-5H3. The normalized spacial score (nSPS) is 12.9. The van der Waals surface area contributed by atoms with E-state index in [0.29, 0.717) is 6.04 Å². The number of rotatable bonds is 9. The molecule has 20 heavy (non-hydrogen) atoms. The second-order valence-electron chi connectivity index (χ2n) is 6.04. The Bertz CT molecular complexity index is 367. The molecule has 0 saturated heterocycles. The summed E-state index contributed by atoms with van der Waals surface area (Å²) in [4.78, 5) is 2.45. The quantitative estimate of drug-likeness (QED) is 0.731. The first kappa shape index (κ1) is 17.2. The number of unbranched alkanes of at least 4 members (excludes halogenated alkanes) is 1. The maximum atomic E-state index is 3.71. The number of nitrogens with zero attached hydrogens (tertiary/aromatic N) is 1. The summed E-state index contributed by atoms with van der Waals surface area (Å²) in [5, 5.41) is 3.71. The molecule has 2 heteroatoms. The van der Waals surface area contributed by atoms with Gasteiger partial charge in [0.2, 0.25) is 0 Å². The van der Waals surface area contributed by atoms with E-state index in [0.717, 1.165) is 13.1 Å². The smallest absolute Gasteiger partial charge is 0.0449 e. The Balaban J connectivity index is 2.76. The fourth-order valence-electron chi connectivity index (χ4n) is 2.65. The lowest BCUT2D eigenvalue weighted by Crippen LogP contribution is -2.34. The molecule has 0 heterocycles.